The minimum atomic E-state index is -0.0448. The Labute approximate surface area is 134 Å². The van der Waals surface area contributed by atoms with Gasteiger partial charge >= 0.3 is 0 Å². The van der Waals surface area contributed by atoms with E-state index >= 15 is 0 Å². The molecule has 5 heteroatoms. The van der Waals surface area contributed by atoms with Gasteiger partial charge in [-0.2, -0.15) is 0 Å². The van der Waals surface area contributed by atoms with Crippen LogP contribution in [0.3, 0.4) is 0 Å². The fraction of sp³-hybridized carbons (Fsp3) is 0.235. The predicted octanol–water partition coefficient (Wildman–Crippen LogP) is 3.39. The van der Waals surface area contributed by atoms with Gasteiger partial charge in [0.25, 0.3) is 0 Å². The molecule has 2 aromatic carbocycles. The Hall–Kier alpha value is -2.20. The van der Waals surface area contributed by atoms with Gasteiger partial charge in [-0.05, 0) is 30.3 Å². The molecule has 0 aliphatic carbocycles. The molecule has 0 fully saturated rings. The van der Waals surface area contributed by atoms with Crippen LogP contribution in [-0.4, -0.2) is 19.1 Å². The third-order valence-corrected chi connectivity index (χ3v) is 3.84. The molecule has 0 bridgehead atoms. The summed E-state index contributed by atoms with van der Waals surface area (Å²) in [6.45, 7) is 0.841. The Kier molecular flexibility index (Phi) is 4.49. The smallest absolute Gasteiger partial charge is 0.239 e. The highest BCUT2D eigenvalue weighted by molar-refractivity contribution is 6.30. The Balaban J connectivity index is 1.57. The van der Waals surface area contributed by atoms with Crippen LogP contribution in [0.2, 0.25) is 5.02 Å². The van der Waals surface area contributed by atoms with Gasteiger partial charge in [0.15, 0.2) is 0 Å². The van der Waals surface area contributed by atoms with E-state index in [1.807, 2.05) is 36.4 Å². The first-order chi connectivity index (χ1) is 10.7. The Morgan fingerprint density at radius 3 is 2.77 bits per heavy atom. The van der Waals surface area contributed by atoms with Gasteiger partial charge in [0.1, 0.15) is 5.75 Å². The van der Waals surface area contributed by atoms with Gasteiger partial charge in [0, 0.05) is 22.7 Å². The van der Waals surface area contributed by atoms with Gasteiger partial charge in [-0.3, -0.25) is 4.79 Å². The molecule has 1 atom stereocenters. The van der Waals surface area contributed by atoms with Crippen LogP contribution in [0.5, 0.6) is 5.75 Å². The maximum absolute atomic E-state index is 12.1. The number of hydrogen-bond donors (Lipinski definition) is 2. The number of halogens is 1. The highest BCUT2D eigenvalue weighted by Gasteiger charge is 2.22. The molecule has 3 rings (SSSR count). The van der Waals surface area contributed by atoms with E-state index in [1.165, 1.54) is 0 Å². The van der Waals surface area contributed by atoms with Crippen molar-refractivity contribution in [3.8, 4) is 5.75 Å². The van der Waals surface area contributed by atoms with Crippen molar-refractivity contribution in [2.45, 2.75) is 12.5 Å². The van der Waals surface area contributed by atoms with Crippen molar-refractivity contribution in [2.75, 3.05) is 18.5 Å². The van der Waals surface area contributed by atoms with Crippen molar-refractivity contribution >= 4 is 23.2 Å². The number of carbonyl (C=O) groups is 1. The van der Waals surface area contributed by atoms with E-state index in [-0.39, 0.29) is 18.5 Å². The average Bonchev–Trinajstić information content (AvgIpc) is 2.55. The van der Waals surface area contributed by atoms with Crippen LogP contribution in [0, 0.1) is 0 Å². The standard InChI is InChI=1S/C17H17ClN2O2/c18-12-5-7-13(8-6-12)19-11-17(21)20-15-9-10-22-16-4-2-1-3-14(15)16/h1-8,15,19H,9-11H2,(H,20,21). The minimum absolute atomic E-state index is 0.00414. The fourth-order valence-electron chi connectivity index (χ4n) is 2.49. The summed E-state index contributed by atoms with van der Waals surface area (Å²) in [5.74, 6) is 0.807. The zero-order chi connectivity index (χ0) is 15.4. The number of fused-ring (bicyclic) bond motifs is 1. The molecule has 2 aromatic rings. The largest absolute Gasteiger partial charge is 0.493 e. The van der Waals surface area contributed by atoms with Gasteiger partial charge in [0.2, 0.25) is 5.91 Å². The summed E-state index contributed by atoms with van der Waals surface area (Å²) in [7, 11) is 0. The fourth-order valence-corrected chi connectivity index (χ4v) is 2.61. The molecule has 0 saturated carbocycles. The summed E-state index contributed by atoms with van der Waals surface area (Å²) in [6, 6.07) is 15.1. The molecule has 2 N–H and O–H groups in total. The van der Waals surface area contributed by atoms with Gasteiger partial charge in [-0.1, -0.05) is 29.8 Å². The Morgan fingerprint density at radius 2 is 1.95 bits per heavy atom. The van der Waals surface area contributed by atoms with Gasteiger partial charge in [0.05, 0.1) is 19.2 Å². The summed E-state index contributed by atoms with van der Waals surface area (Å²) in [5.41, 5.74) is 1.90. The minimum Gasteiger partial charge on any atom is -0.493 e. The highest BCUT2D eigenvalue weighted by atomic mass is 35.5. The van der Waals surface area contributed by atoms with Gasteiger partial charge < -0.3 is 15.4 Å². The second kappa shape index (κ2) is 6.71. The van der Waals surface area contributed by atoms with E-state index in [2.05, 4.69) is 10.6 Å². The van der Waals surface area contributed by atoms with Crippen molar-refractivity contribution in [2.24, 2.45) is 0 Å². The molecule has 1 aliphatic heterocycles. The van der Waals surface area contributed by atoms with E-state index < -0.39 is 0 Å². The van der Waals surface area contributed by atoms with Crippen molar-refractivity contribution in [1.29, 1.82) is 0 Å². The highest BCUT2D eigenvalue weighted by Crippen LogP contribution is 2.31. The summed E-state index contributed by atoms with van der Waals surface area (Å²) in [5, 5.41) is 6.81. The van der Waals surface area contributed by atoms with E-state index in [0.717, 1.165) is 23.4 Å². The van der Waals surface area contributed by atoms with Crippen LogP contribution >= 0.6 is 11.6 Å². The van der Waals surface area contributed by atoms with E-state index in [9.17, 15) is 4.79 Å². The average molecular weight is 317 g/mol. The van der Waals surface area contributed by atoms with Gasteiger partial charge in [-0.25, -0.2) is 0 Å². The number of anilines is 1. The van der Waals surface area contributed by atoms with Crippen LogP contribution in [0.1, 0.15) is 18.0 Å². The van der Waals surface area contributed by atoms with E-state index in [1.54, 1.807) is 12.1 Å². The third kappa shape index (κ3) is 3.52. The topological polar surface area (TPSA) is 50.4 Å². The molecule has 0 spiro atoms. The van der Waals surface area contributed by atoms with Crippen LogP contribution in [0.15, 0.2) is 48.5 Å². The zero-order valence-electron chi connectivity index (χ0n) is 12.0. The van der Waals surface area contributed by atoms with Crippen molar-refractivity contribution in [3.63, 3.8) is 0 Å². The molecular formula is C17H17ClN2O2. The number of benzene rings is 2. The molecule has 1 amide bonds. The lowest BCUT2D eigenvalue weighted by molar-refractivity contribution is -0.120. The van der Waals surface area contributed by atoms with Crippen molar-refractivity contribution in [1.82, 2.24) is 5.32 Å². The maximum atomic E-state index is 12.1. The van der Waals surface area contributed by atoms with E-state index in [0.29, 0.717) is 11.6 Å². The lowest BCUT2D eigenvalue weighted by Gasteiger charge is -2.26. The van der Waals surface area contributed by atoms with Crippen LogP contribution < -0.4 is 15.4 Å². The first-order valence-corrected chi connectivity index (χ1v) is 7.61. The molecule has 1 heterocycles. The predicted molar refractivity (Wildman–Crippen MR) is 87.4 cm³/mol. The summed E-state index contributed by atoms with van der Waals surface area (Å²) < 4.78 is 5.60. The number of hydrogen-bond acceptors (Lipinski definition) is 3. The molecule has 4 nitrogen and oxygen atoms in total. The lowest BCUT2D eigenvalue weighted by Crippen LogP contribution is -2.35. The number of rotatable bonds is 4. The molecule has 1 aliphatic rings. The summed E-state index contributed by atoms with van der Waals surface area (Å²) >= 11 is 5.83. The first-order valence-electron chi connectivity index (χ1n) is 7.23. The SMILES string of the molecule is O=C(CNc1ccc(Cl)cc1)NC1CCOc2ccccc21. The van der Waals surface area contributed by atoms with Crippen molar-refractivity contribution < 1.29 is 9.53 Å². The number of amides is 1. The third-order valence-electron chi connectivity index (χ3n) is 3.59. The zero-order valence-corrected chi connectivity index (χ0v) is 12.8. The van der Waals surface area contributed by atoms with Crippen LogP contribution in [0.4, 0.5) is 5.69 Å². The molecule has 0 radical (unpaired) electrons. The normalized spacial score (nSPS) is 16.3. The van der Waals surface area contributed by atoms with E-state index in [4.69, 9.17) is 16.3 Å². The molecule has 22 heavy (non-hydrogen) atoms. The number of ether oxygens (including phenoxy) is 1. The number of nitrogens with one attached hydrogen (secondary N) is 2. The monoisotopic (exact) mass is 316 g/mol. The quantitative estimate of drug-likeness (QED) is 0.909. The summed E-state index contributed by atoms with van der Waals surface area (Å²) in [6.07, 6.45) is 0.781. The molecule has 114 valence electrons. The van der Waals surface area contributed by atoms with Gasteiger partial charge in [-0.15, -0.1) is 0 Å². The molecule has 0 saturated heterocycles. The lowest BCUT2D eigenvalue weighted by atomic mass is 10.0. The molecule has 1 unspecified atom stereocenters. The molecule has 0 aromatic heterocycles. The van der Waals surface area contributed by atoms with Crippen LogP contribution in [0.25, 0.3) is 0 Å². The summed E-state index contributed by atoms with van der Waals surface area (Å²) in [4.78, 5) is 12.1. The second-order valence-electron chi connectivity index (χ2n) is 5.16. The first kappa shape index (κ1) is 14.7. The number of para-hydroxylation sites is 1. The maximum Gasteiger partial charge on any atom is 0.239 e. The molecular weight excluding hydrogens is 300 g/mol. The van der Waals surface area contributed by atoms with Crippen LogP contribution in [-0.2, 0) is 4.79 Å². The number of carbonyl (C=O) groups excluding carboxylic acids is 1. The Bertz CT molecular complexity index is 658. The Morgan fingerprint density at radius 1 is 1.18 bits per heavy atom. The van der Waals surface area contributed by atoms with Crippen molar-refractivity contribution in [3.05, 3.63) is 59.1 Å². The second-order valence-corrected chi connectivity index (χ2v) is 5.59.